The molecule has 1 N–H and O–H groups in total. The Morgan fingerprint density at radius 3 is 2.41 bits per heavy atom. The maximum atomic E-state index is 13.3. The fourth-order valence-electron chi connectivity index (χ4n) is 2.57. The summed E-state index contributed by atoms with van der Waals surface area (Å²) in [7, 11) is -3.89. The third kappa shape index (κ3) is 4.41. The summed E-state index contributed by atoms with van der Waals surface area (Å²) in [6.45, 7) is 0. The van der Waals surface area contributed by atoms with Crippen molar-refractivity contribution in [1.29, 1.82) is 0 Å². The van der Waals surface area contributed by atoms with Crippen molar-refractivity contribution in [1.82, 2.24) is 14.5 Å². The first-order valence-corrected chi connectivity index (χ1v) is 10.00. The summed E-state index contributed by atoms with van der Waals surface area (Å²) in [4.78, 5) is 8.11. The van der Waals surface area contributed by atoms with Gasteiger partial charge in [0.2, 0.25) is 5.88 Å². The first-order chi connectivity index (χ1) is 14.0. The van der Waals surface area contributed by atoms with E-state index in [2.05, 4.69) is 14.7 Å². The fraction of sp³-hybridized carbons (Fsp3) is 0. The second kappa shape index (κ2) is 7.72. The normalized spacial score (nSPS) is 11.2. The minimum Gasteiger partial charge on any atom is -0.439 e. The molecule has 0 spiro atoms. The summed E-state index contributed by atoms with van der Waals surface area (Å²) in [5.74, 6) is 0.841. The minimum absolute atomic E-state index is 0.156. The molecule has 2 aromatic heterocycles. The highest BCUT2D eigenvalue weighted by atomic mass is 32.2. The molecule has 2 aromatic carbocycles. The number of aromatic nitrogens is 3. The number of hydrogen-bond acceptors (Lipinski definition) is 5. The predicted molar refractivity (Wildman–Crippen MR) is 105 cm³/mol. The van der Waals surface area contributed by atoms with Crippen molar-refractivity contribution in [2.75, 3.05) is 4.72 Å². The number of benzene rings is 2. The number of nitrogens with one attached hydrogen (secondary N) is 1. The molecule has 0 unspecified atom stereocenters. The molecule has 0 atom stereocenters. The van der Waals surface area contributed by atoms with Crippen molar-refractivity contribution < 1.29 is 17.5 Å². The molecule has 7 nitrogen and oxygen atoms in total. The molecule has 146 valence electrons. The molecule has 0 aliphatic rings. The van der Waals surface area contributed by atoms with E-state index < -0.39 is 15.8 Å². The Balaban J connectivity index is 1.48. The number of hydrogen-bond donors (Lipinski definition) is 1. The van der Waals surface area contributed by atoms with Crippen LogP contribution in [0.5, 0.6) is 11.6 Å². The number of rotatable bonds is 6. The van der Waals surface area contributed by atoms with Gasteiger partial charge in [-0.2, -0.15) is 0 Å². The Labute approximate surface area is 166 Å². The molecule has 0 saturated heterocycles. The van der Waals surface area contributed by atoms with Crippen LogP contribution in [0.1, 0.15) is 0 Å². The molecular weight excluding hydrogens is 395 g/mol. The Morgan fingerprint density at radius 2 is 1.69 bits per heavy atom. The largest absolute Gasteiger partial charge is 0.439 e. The SMILES string of the molecule is O=S(=O)(Nc1ccc(Oc2cc(-n3cccc3)ncn2)cc1)c1cccc(F)c1. The molecule has 0 amide bonds. The van der Waals surface area contributed by atoms with Crippen LogP contribution in [-0.2, 0) is 10.0 Å². The highest BCUT2D eigenvalue weighted by Gasteiger charge is 2.15. The van der Waals surface area contributed by atoms with Gasteiger partial charge in [-0.3, -0.25) is 4.72 Å². The number of sulfonamides is 1. The van der Waals surface area contributed by atoms with E-state index in [1.165, 1.54) is 24.5 Å². The summed E-state index contributed by atoms with van der Waals surface area (Å²) in [6.07, 6.45) is 5.10. The highest BCUT2D eigenvalue weighted by molar-refractivity contribution is 7.92. The van der Waals surface area contributed by atoms with Gasteiger partial charge >= 0.3 is 0 Å². The van der Waals surface area contributed by atoms with Crippen LogP contribution >= 0.6 is 0 Å². The molecule has 0 bridgehead atoms. The van der Waals surface area contributed by atoms with Gasteiger partial charge in [0, 0.05) is 24.1 Å². The Kier molecular flexibility index (Phi) is 4.96. The van der Waals surface area contributed by atoms with Crippen LogP contribution in [0.3, 0.4) is 0 Å². The van der Waals surface area contributed by atoms with Crippen LogP contribution in [0.2, 0.25) is 0 Å². The fourth-order valence-corrected chi connectivity index (χ4v) is 3.66. The summed E-state index contributed by atoms with van der Waals surface area (Å²) in [5.41, 5.74) is 0.317. The van der Waals surface area contributed by atoms with Gasteiger partial charge in [0.1, 0.15) is 23.7 Å². The number of anilines is 1. The van der Waals surface area contributed by atoms with E-state index in [1.54, 1.807) is 30.3 Å². The average Bonchev–Trinajstić information content (AvgIpc) is 3.25. The topological polar surface area (TPSA) is 86.1 Å². The smallest absolute Gasteiger partial charge is 0.261 e. The summed E-state index contributed by atoms with van der Waals surface area (Å²) in [5, 5.41) is 0. The van der Waals surface area contributed by atoms with Crippen LogP contribution in [-0.4, -0.2) is 23.0 Å². The lowest BCUT2D eigenvalue weighted by Gasteiger charge is -2.10. The zero-order chi connectivity index (χ0) is 20.3. The quantitative estimate of drug-likeness (QED) is 0.519. The number of ether oxygens (including phenoxy) is 1. The Morgan fingerprint density at radius 1 is 0.931 bits per heavy atom. The standard InChI is InChI=1S/C20H15FN4O3S/c21-15-4-3-5-18(12-15)29(26,27)24-16-6-8-17(9-7-16)28-20-13-19(22-14-23-20)25-10-1-2-11-25/h1-14,24H. The van der Waals surface area contributed by atoms with E-state index in [9.17, 15) is 12.8 Å². The Bertz CT molecular complexity index is 1230. The van der Waals surface area contributed by atoms with E-state index in [-0.39, 0.29) is 4.90 Å². The van der Waals surface area contributed by atoms with Crippen molar-refractivity contribution in [3.05, 3.63) is 91.3 Å². The summed E-state index contributed by atoms with van der Waals surface area (Å²) >= 11 is 0. The highest BCUT2D eigenvalue weighted by Crippen LogP contribution is 2.24. The van der Waals surface area contributed by atoms with Gasteiger partial charge in [0.15, 0.2) is 0 Å². The van der Waals surface area contributed by atoms with E-state index in [0.29, 0.717) is 23.1 Å². The van der Waals surface area contributed by atoms with E-state index >= 15 is 0 Å². The van der Waals surface area contributed by atoms with Gasteiger partial charge in [0.25, 0.3) is 10.0 Å². The molecule has 29 heavy (non-hydrogen) atoms. The summed E-state index contributed by atoms with van der Waals surface area (Å²) in [6, 6.07) is 16.5. The monoisotopic (exact) mass is 410 g/mol. The molecule has 2 heterocycles. The molecule has 0 fully saturated rings. The average molecular weight is 410 g/mol. The van der Waals surface area contributed by atoms with Gasteiger partial charge in [-0.1, -0.05) is 6.07 Å². The van der Waals surface area contributed by atoms with Crippen molar-refractivity contribution in [2.24, 2.45) is 0 Å². The molecule has 0 aliphatic heterocycles. The van der Waals surface area contributed by atoms with Gasteiger partial charge < -0.3 is 9.30 Å². The van der Waals surface area contributed by atoms with Crippen LogP contribution in [0.4, 0.5) is 10.1 Å². The Hall–Kier alpha value is -3.72. The van der Waals surface area contributed by atoms with Crippen LogP contribution in [0.15, 0.2) is 90.3 Å². The lowest BCUT2D eigenvalue weighted by Crippen LogP contribution is -2.13. The zero-order valence-corrected chi connectivity index (χ0v) is 15.8. The third-order valence-corrected chi connectivity index (χ3v) is 5.31. The second-order valence-electron chi connectivity index (χ2n) is 5.99. The van der Waals surface area contributed by atoms with Crippen LogP contribution in [0.25, 0.3) is 5.82 Å². The van der Waals surface area contributed by atoms with E-state index in [0.717, 1.165) is 6.07 Å². The van der Waals surface area contributed by atoms with Crippen molar-refractivity contribution >= 4 is 15.7 Å². The lowest BCUT2D eigenvalue weighted by molar-refractivity contribution is 0.461. The lowest BCUT2D eigenvalue weighted by atomic mass is 10.3. The first kappa shape index (κ1) is 18.6. The number of halogens is 1. The summed E-state index contributed by atoms with van der Waals surface area (Å²) < 4.78 is 47.9. The van der Waals surface area contributed by atoms with E-state index in [1.807, 2.05) is 29.1 Å². The van der Waals surface area contributed by atoms with Crippen LogP contribution < -0.4 is 9.46 Å². The number of nitrogens with zero attached hydrogens (tertiary/aromatic N) is 3. The van der Waals surface area contributed by atoms with Crippen molar-refractivity contribution in [3.63, 3.8) is 0 Å². The van der Waals surface area contributed by atoms with Gasteiger partial charge in [-0.05, 0) is 54.6 Å². The molecule has 9 heteroatoms. The van der Waals surface area contributed by atoms with Crippen molar-refractivity contribution in [3.8, 4) is 17.4 Å². The molecule has 0 aliphatic carbocycles. The maximum absolute atomic E-state index is 13.3. The van der Waals surface area contributed by atoms with Crippen molar-refractivity contribution in [2.45, 2.75) is 4.90 Å². The molecule has 4 aromatic rings. The molecule has 4 rings (SSSR count). The van der Waals surface area contributed by atoms with Gasteiger partial charge in [-0.15, -0.1) is 0 Å². The minimum atomic E-state index is -3.89. The van der Waals surface area contributed by atoms with Gasteiger partial charge in [-0.25, -0.2) is 22.8 Å². The predicted octanol–water partition coefficient (Wildman–Crippen LogP) is 4.00. The first-order valence-electron chi connectivity index (χ1n) is 8.51. The maximum Gasteiger partial charge on any atom is 0.261 e. The zero-order valence-electron chi connectivity index (χ0n) is 14.9. The van der Waals surface area contributed by atoms with E-state index in [4.69, 9.17) is 4.74 Å². The second-order valence-corrected chi connectivity index (χ2v) is 7.68. The molecular formula is C20H15FN4O3S. The van der Waals surface area contributed by atoms with Crippen LogP contribution in [0, 0.1) is 5.82 Å². The molecule has 0 saturated carbocycles. The third-order valence-electron chi connectivity index (χ3n) is 3.93. The van der Waals surface area contributed by atoms with Gasteiger partial charge in [0.05, 0.1) is 4.90 Å². The molecule has 0 radical (unpaired) electrons.